The van der Waals surface area contributed by atoms with E-state index in [0.717, 1.165) is 0 Å². The summed E-state index contributed by atoms with van der Waals surface area (Å²) in [6, 6.07) is 10.2. The molecule has 0 aliphatic carbocycles. The van der Waals surface area contributed by atoms with Crippen LogP contribution in [-0.2, 0) is 20.8 Å². The van der Waals surface area contributed by atoms with Gasteiger partial charge >= 0.3 is 0 Å². The first kappa shape index (κ1) is 15.2. The van der Waals surface area contributed by atoms with E-state index in [4.69, 9.17) is 14.2 Å². The summed E-state index contributed by atoms with van der Waals surface area (Å²) in [5.41, 5.74) is 2.40. The van der Waals surface area contributed by atoms with Gasteiger partial charge in [0.05, 0.1) is 13.2 Å². The van der Waals surface area contributed by atoms with E-state index in [1.165, 1.54) is 11.1 Å². The lowest BCUT2D eigenvalue weighted by Crippen LogP contribution is -2.26. The van der Waals surface area contributed by atoms with Gasteiger partial charge in [0.15, 0.2) is 5.79 Å². The van der Waals surface area contributed by atoms with Gasteiger partial charge in [0.2, 0.25) is 0 Å². The Hall–Kier alpha value is -1.16. The molecule has 0 aromatic heterocycles. The van der Waals surface area contributed by atoms with E-state index in [9.17, 15) is 0 Å². The fraction of sp³-hybridized carbons (Fsp3) is 0.529. The first-order valence-electron chi connectivity index (χ1n) is 7.08. The number of hydrogen-bond donors (Lipinski definition) is 0. The lowest BCUT2D eigenvalue weighted by atomic mass is 10.1. The highest BCUT2D eigenvalue weighted by Crippen LogP contribution is 2.29. The predicted octanol–water partition coefficient (Wildman–Crippen LogP) is 3.69. The number of benzene rings is 1. The highest BCUT2D eigenvalue weighted by atomic mass is 16.8. The van der Waals surface area contributed by atoms with Crippen LogP contribution in [0, 0.1) is 0 Å². The predicted molar refractivity (Wildman–Crippen MR) is 79.4 cm³/mol. The summed E-state index contributed by atoms with van der Waals surface area (Å²) < 4.78 is 17.6. The summed E-state index contributed by atoms with van der Waals surface area (Å²) in [5, 5.41) is 0. The van der Waals surface area contributed by atoms with Gasteiger partial charge in [-0.1, -0.05) is 42.0 Å². The Kier molecular flexibility index (Phi) is 4.97. The third-order valence-corrected chi connectivity index (χ3v) is 3.11. The first-order valence-corrected chi connectivity index (χ1v) is 7.08. The van der Waals surface area contributed by atoms with Gasteiger partial charge in [0, 0.05) is 0 Å². The van der Waals surface area contributed by atoms with E-state index in [2.05, 4.69) is 32.1 Å². The zero-order valence-corrected chi connectivity index (χ0v) is 12.8. The molecular formula is C17H24O3. The smallest absolute Gasteiger partial charge is 0.164 e. The van der Waals surface area contributed by atoms with Crippen LogP contribution in [0.3, 0.4) is 0 Å². The lowest BCUT2D eigenvalue weighted by Gasteiger charge is -2.16. The van der Waals surface area contributed by atoms with Crippen LogP contribution < -0.4 is 0 Å². The molecule has 0 spiro atoms. The van der Waals surface area contributed by atoms with E-state index >= 15 is 0 Å². The van der Waals surface area contributed by atoms with Gasteiger partial charge in [0.25, 0.3) is 0 Å². The molecule has 20 heavy (non-hydrogen) atoms. The summed E-state index contributed by atoms with van der Waals surface area (Å²) in [6.07, 6.45) is 2.01. The zero-order chi connectivity index (χ0) is 14.6. The Morgan fingerprint density at radius 3 is 2.55 bits per heavy atom. The Labute approximate surface area is 121 Å². The number of allylic oxidation sites excluding steroid dienone is 1. The maximum atomic E-state index is 5.91. The van der Waals surface area contributed by atoms with Crippen molar-refractivity contribution < 1.29 is 14.2 Å². The van der Waals surface area contributed by atoms with E-state index < -0.39 is 5.79 Å². The summed E-state index contributed by atoms with van der Waals surface area (Å²) in [5.74, 6) is -0.544. The zero-order valence-electron chi connectivity index (χ0n) is 12.8. The van der Waals surface area contributed by atoms with Crippen LogP contribution in [0.2, 0.25) is 0 Å². The van der Waals surface area contributed by atoms with Gasteiger partial charge < -0.3 is 14.2 Å². The van der Waals surface area contributed by atoms with Crippen molar-refractivity contribution in [3.8, 4) is 0 Å². The number of rotatable bonds is 5. The number of hydrogen-bond acceptors (Lipinski definition) is 3. The van der Waals surface area contributed by atoms with E-state index in [-0.39, 0.29) is 12.2 Å². The molecule has 1 fully saturated rings. The molecule has 1 saturated heterocycles. The molecule has 0 unspecified atom stereocenters. The molecule has 1 aromatic rings. The molecule has 0 bridgehead atoms. The molecule has 3 nitrogen and oxygen atoms in total. The minimum Gasteiger partial charge on any atom is -0.374 e. The van der Waals surface area contributed by atoms with E-state index in [1.807, 2.05) is 32.0 Å². The van der Waals surface area contributed by atoms with Crippen LogP contribution in [0.15, 0.2) is 42.0 Å². The van der Waals surface area contributed by atoms with Gasteiger partial charge in [-0.3, -0.25) is 0 Å². The average molecular weight is 276 g/mol. The summed E-state index contributed by atoms with van der Waals surface area (Å²) in [7, 11) is 0. The van der Waals surface area contributed by atoms with Crippen molar-refractivity contribution in [2.24, 2.45) is 0 Å². The molecule has 1 aliphatic rings. The van der Waals surface area contributed by atoms with Gasteiger partial charge in [-0.25, -0.2) is 0 Å². The number of ether oxygens (including phenoxy) is 3. The Bertz CT molecular complexity index is 447. The van der Waals surface area contributed by atoms with Gasteiger partial charge in [-0.05, 0) is 33.3 Å². The normalized spacial score (nSPS) is 24.6. The van der Waals surface area contributed by atoms with Gasteiger partial charge in [-0.2, -0.15) is 0 Å². The van der Waals surface area contributed by atoms with Crippen LogP contribution in [0.25, 0.3) is 0 Å². The molecule has 0 amide bonds. The third kappa shape index (κ3) is 4.44. The molecule has 110 valence electrons. The summed E-state index contributed by atoms with van der Waals surface area (Å²) in [4.78, 5) is 0. The summed E-state index contributed by atoms with van der Waals surface area (Å²) >= 11 is 0. The van der Waals surface area contributed by atoms with Crippen molar-refractivity contribution in [2.45, 2.75) is 52.3 Å². The molecule has 1 heterocycles. The molecular weight excluding hydrogens is 252 g/mol. The van der Waals surface area contributed by atoms with Crippen molar-refractivity contribution in [1.29, 1.82) is 0 Å². The van der Waals surface area contributed by atoms with Crippen LogP contribution in [0.4, 0.5) is 0 Å². The second-order valence-corrected chi connectivity index (χ2v) is 5.88. The largest absolute Gasteiger partial charge is 0.374 e. The van der Waals surface area contributed by atoms with Crippen LogP contribution in [0.5, 0.6) is 0 Å². The highest BCUT2D eigenvalue weighted by Gasteiger charge is 2.40. The Balaban J connectivity index is 1.88. The second kappa shape index (κ2) is 6.53. The molecule has 2 rings (SSSR count). The third-order valence-electron chi connectivity index (χ3n) is 3.11. The monoisotopic (exact) mass is 276 g/mol. The topological polar surface area (TPSA) is 27.7 Å². The summed E-state index contributed by atoms with van der Waals surface area (Å²) in [6.45, 7) is 9.15. The van der Waals surface area contributed by atoms with E-state index in [1.54, 1.807) is 0 Å². The van der Waals surface area contributed by atoms with Crippen molar-refractivity contribution in [3.05, 3.63) is 47.5 Å². The van der Waals surface area contributed by atoms with Crippen molar-refractivity contribution in [2.75, 3.05) is 6.61 Å². The van der Waals surface area contributed by atoms with Crippen LogP contribution in [-0.4, -0.2) is 24.6 Å². The standard InChI is InChI=1S/C17H24O3/c1-13(2)10-15-16(20-17(3,4)19-15)12-18-11-14-8-6-5-7-9-14/h5-10,15-16H,11-12H2,1-4H3/t15-,16+/m0/s1. The van der Waals surface area contributed by atoms with Crippen molar-refractivity contribution in [1.82, 2.24) is 0 Å². The maximum absolute atomic E-state index is 5.91. The molecule has 0 N–H and O–H groups in total. The maximum Gasteiger partial charge on any atom is 0.164 e. The minimum atomic E-state index is -0.544. The van der Waals surface area contributed by atoms with Gasteiger partial charge in [-0.15, -0.1) is 0 Å². The van der Waals surface area contributed by atoms with Crippen LogP contribution >= 0.6 is 0 Å². The first-order chi connectivity index (χ1) is 9.46. The fourth-order valence-electron chi connectivity index (χ4n) is 2.33. The highest BCUT2D eigenvalue weighted by molar-refractivity contribution is 5.13. The molecule has 2 atom stereocenters. The quantitative estimate of drug-likeness (QED) is 0.768. The Morgan fingerprint density at radius 2 is 1.90 bits per heavy atom. The minimum absolute atomic E-state index is 0.0363. The van der Waals surface area contributed by atoms with Crippen molar-refractivity contribution >= 4 is 0 Å². The second-order valence-electron chi connectivity index (χ2n) is 5.88. The Morgan fingerprint density at radius 1 is 1.20 bits per heavy atom. The van der Waals surface area contributed by atoms with Crippen LogP contribution in [0.1, 0.15) is 33.3 Å². The fourth-order valence-corrected chi connectivity index (χ4v) is 2.33. The van der Waals surface area contributed by atoms with Crippen molar-refractivity contribution in [3.63, 3.8) is 0 Å². The molecule has 0 radical (unpaired) electrons. The van der Waals surface area contributed by atoms with E-state index in [0.29, 0.717) is 13.2 Å². The molecule has 3 heteroatoms. The van der Waals surface area contributed by atoms with Gasteiger partial charge in [0.1, 0.15) is 12.2 Å². The SMILES string of the molecule is CC(C)=C[C@@H]1OC(C)(C)O[C@@H]1COCc1ccccc1. The lowest BCUT2D eigenvalue weighted by molar-refractivity contribution is -0.148. The molecule has 1 aromatic carbocycles. The molecule has 1 aliphatic heterocycles. The molecule has 0 saturated carbocycles. The average Bonchev–Trinajstić information content (AvgIpc) is 2.64.